The fourth-order valence-corrected chi connectivity index (χ4v) is 2.30. The van der Waals surface area contributed by atoms with Crippen molar-refractivity contribution in [1.82, 2.24) is 4.90 Å². The van der Waals surface area contributed by atoms with E-state index in [9.17, 15) is 8.78 Å². The van der Waals surface area contributed by atoms with Gasteiger partial charge in [0, 0.05) is 31.3 Å². The van der Waals surface area contributed by atoms with E-state index in [2.05, 4.69) is 4.90 Å². The smallest absolute Gasteiger partial charge is 0.130 e. The lowest BCUT2D eigenvalue weighted by Crippen LogP contribution is -2.40. The van der Waals surface area contributed by atoms with Gasteiger partial charge in [0.15, 0.2) is 0 Å². The molecule has 0 heterocycles. The fourth-order valence-electron chi connectivity index (χ4n) is 2.30. The van der Waals surface area contributed by atoms with Gasteiger partial charge in [0.2, 0.25) is 0 Å². The molecule has 1 aliphatic rings. The number of hydrogen-bond acceptors (Lipinski definition) is 2. The molecule has 1 saturated carbocycles. The highest BCUT2D eigenvalue weighted by Gasteiger charge is 2.26. The number of aliphatic hydroxyl groups excluding tert-OH is 1. The van der Waals surface area contributed by atoms with Crippen LogP contribution in [0.15, 0.2) is 18.2 Å². The van der Waals surface area contributed by atoms with E-state index in [0.717, 1.165) is 12.8 Å². The third kappa shape index (κ3) is 3.06. The Hall–Kier alpha value is -1.00. The monoisotopic (exact) mass is 255 g/mol. The minimum Gasteiger partial charge on any atom is -0.396 e. The van der Waals surface area contributed by atoms with Crippen LogP contribution in [-0.4, -0.2) is 29.2 Å². The minimum absolute atomic E-state index is 0.114. The predicted octanol–water partition coefficient (Wildman–Crippen LogP) is 2.70. The third-order valence-electron chi connectivity index (χ3n) is 3.62. The lowest BCUT2D eigenvalue weighted by atomic mass is 9.91. The Labute approximate surface area is 106 Å². The zero-order valence-corrected chi connectivity index (χ0v) is 10.4. The summed E-state index contributed by atoms with van der Waals surface area (Å²) in [5, 5.41) is 8.89. The molecule has 100 valence electrons. The minimum atomic E-state index is -0.483. The van der Waals surface area contributed by atoms with Gasteiger partial charge in [-0.15, -0.1) is 0 Å². The van der Waals surface area contributed by atoms with E-state index < -0.39 is 11.6 Å². The molecule has 18 heavy (non-hydrogen) atoms. The second-order valence-corrected chi connectivity index (χ2v) is 4.83. The summed E-state index contributed by atoms with van der Waals surface area (Å²) in [6.07, 6.45) is 4.00. The van der Waals surface area contributed by atoms with Crippen molar-refractivity contribution >= 4 is 0 Å². The molecule has 4 heteroatoms. The highest BCUT2D eigenvalue weighted by atomic mass is 19.1. The Bertz CT molecular complexity index is 373. The maximum absolute atomic E-state index is 13.6. The average Bonchev–Trinajstić information content (AvgIpc) is 2.28. The number of halogens is 2. The Morgan fingerprint density at radius 2 is 1.89 bits per heavy atom. The van der Waals surface area contributed by atoms with Gasteiger partial charge in [0.1, 0.15) is 11.6 Å². The maximum atomic E-state index is 13.6. The second-order valence-electron chi connectivity index (χ2n) is 4.83. The number of benzene rings is 1. The number of rotatable bonds is 6. The molecule has 2 rings (SSSR count). The van der Waals surface area contributed by atoms with Crippen LogP contribution in [0.4, 0.5) is 8.78 Å². The van der Waals surface area contributed by atoms with Gasteiger partial charge in [-0.2, -0.15) is 0 Å². The van der Waals surface area contributed by atoms with Gasteiger partial charge in [0.25, 0.3) is 0 Å². The van der Waals surface area contributed by atoms with Crippen LogP contribution in [0.25, 0.3) is 0 Å². The molecule has 1 aromatic carbocycles. The van der Waals surface area contributed by atoms with Gasteiger partial charge in [0.05, 0.1) is 0 Å². The molecule has 0 saturated heterocycles. The number of nitrogens with zero attached hydrogens (tertiary/aromatic N) is 1. The summed E-state index contributed by atoms with van der Waals surface area (Å²) < 4.78 is 27.2. The Balaban J connectivity index is 2.07. The molecule has 0 bridgehead atoms. The van der Waals surface area contributed by atoms with E-state index in [0.29, 0.717) is 25.6 Å². The molecule has 2 nitrogen and oxygen atoms in total. The first-order valence-corrected chi connectivity index (χ1v) is 6.50. The van der Waals surface area contributed by atoms with Crippen LogP contribution in [0, 0.1) is 11.6 Å². The van der Waals surface area contributed by atoms with Crippen LogP contribution in [0.5, 0.6) is 0 Å². The molecule has 1 aromatic rings. The molecular weight excluding hydrogens is 236 g/mol. The third-order valence-corrected chi connectivity index (χ3v) is 3.62. The van der Waals surface area contributed by atoms with E-state index in [4.69, 9.17) is 5.11 Å². The van der Waals surface area contributed by atoms with E-state index >= 15 is 0 Å². The summed E-state index contributed by atoms with van der Waals surface area (Å²) >= 11 is 0. The highest BCUT2D eigenvalue weighted by molar-refractivity contribution is 5.19. The Kier molecular flexibility index (Phi) is 4.66. The first kappa shape index (κ1) is 13.4. The van der Waals surface area contributed by atoms with Gasteiger partial charge >= 0.3 is 0 Å². The van der Waals surface area contributed by atoms with Gasteiger partial charge in [-0.05, 0) is 31.4 Å². The fraction of sp³-hybridized carbons (Fsp3) is 0.571. The summed E-state index contributed by atoms with van der Waals surface area (Å²) in [6.45, 7) is 1.10. The van der Waals surface area contributed by atoms with Crippen LogP contribution >= 0.6 is 0 Å². The molecule has 0 spiro atoms. The van der Waals surface area contributed by atoms with Gasteiger partial charge < -0.3 is 5.11 Å². The molecule has 1 fully saturated rings. The largest absolute Gasteiger partial charge is 0.396 e. The topological polar surface area (TPSA) is 23.5 Å². The van der Waals surface area contributed by atoms with E-state index in [1.54, 1.807) is 0 Å². The first-order valence-electron chi connectivity index (χ1n) is 6.50. The lowest BCUT2D eigenvalue weighted by Gasteiger charge is -2.37. The van der Waals surface area contributed by atoms with Crippen molar-refractivity contribution in [2.75, 3.05) is 13.2 Å². The van der Waals surface area contributed by atoms with Gasteiger partial charge in [-0.3, -0.25) is 4.90 Å². The number of hydrogen-bond donors (Lipinski definition) is 1. The Morgan fingerprint density at radius 3 is 2.39 bits per heavy atom. The SMILES string of the molecule is OCCCN(Cc1c(F)cccc1F)C1CCC1. The van der Waals surface area contributed by atoms with Crippen molar-refractivity contribution in [3.05, 3.63) is 35.4 Å². The van der Waals surface area contributed by atoms with Crippen LogP contribution < -0.4 is 0 Å². The van der Waals surface area contributed by atoms with Crippen molar-refractivity contribution in [3.63, 3.8) is 0 Å². The zero-order chi connectivity index (χ0) is 13.0. The van der Waals surface area contributed by atoms with Gasteiger partial charge in [-0.1, -0.05) is 12.5 Å². The number of aliphatic hydroxyl groups is 1. The molecule has 0 radical (unpaired) electrons. The summed E-state index contributed by atoms with van der Waals surface area (Å²) in [4.78, 5) is 2.08. The molecule has 0 atom stereocenters. The van der Waals surface area contributed by atoms with Crippen LogP contribution in [0.2, 0.25) is 0 Å². The lowest BCUT2D eigenvalue weighted by molar-refractivity contribution is 0.107. The van der Waals surface area contributed by atoms with E-state index in [1.165, 1.54) is 24.6 Å². The molecule has 0 aromatic heterocycles. The molecule has 1 N–H and O–H groups in total. The van der Waals surface area contributed by atoms with Crippen molar-refractivity contribution in [2.45, 2.75) is 38.3 Å². The Morgan fingerprint density at radius 1 is 1.22 bits per heavy atom. The van der Waals surface area contributed by atoms with Crippen molar-refractivity contribution < 1.29 is 13.9 Å². The average molecular weight is 255 g/mol. The first-order chi connectivity index (χ1) is 8.72. The standard InChI is InChI=1S/C14H19F2NO/c15-13-6-2-7-14(16)12(13)10-17(8-3-9-18)11-4-1-5-11/h2,6-7,11,18H,1,3-5,8-10H2. The predicted molar refractivity (Wildman–Crippen MR) is 66.1 cm³/mol. The summed E-state index contributed by atoms with van der Waals surface area (Å²) in [5.74, 6) is -0.966. The molecule has 0 amide bonds. The summed E-state index contributed by atoms with van der Waals surface area (Å²) in [7, 11) is 0. The van der Waals surface area contributed by atoms with Crippen molar-refractivity contribution in [3.8, 4) is 0 Å². The molecule has 1 aliphatic carbocycles. The molecule has 0 aliphatic heterocycles. The summed E-state index contributed by atoms with van der Waals surface area (Å²) in [5.41, 5.74) is 0.141. The van der Waals surface area contributed by atoms with Crippen molar-refractivity contribution in [2.24, 2.45) is 0 Å². The van der Waals surface area contributed by atoms with Crippen molar-refractivity contribution in [1.29, 1.82) is 0 Å². The van der Waals surface area contributed by atoms with Crippen LogP contribution in [-0.2, 0) is 6.54 Å². The summed E-state index contributed by atoms with van der Waals surface area (Å²) in [6, 6.07) is 4.39. The van der Waals surface area contributed by atoms with E-state index in [1.807, 2.05) is 0 Å². The quantitative estimate of drug-likeness (QED) is 0.845. The zero-order valence-electron chi connectivity index (χ0n) is 10.4. The van der Waals surface area contributed by atoms with E-state index in [-0.39, 0.29) is 12.2 Å². The maximum Gasteiger partial charge on any atom is 0.130 e. The van der Waals surface area contributed by atoms with Crippen LogP contribution in [0.3, 0.4) is 0 Å². The molecule has 0 unspecified atom stereocenters. The molecular formula is C14H19F2NO. The normalized spacial score (nSPS) is 16.0. The van der Waals surface area contributed by atoms with Crippen LogP contribution in [0.1, 0.15) is 31.2 Å². The second kappa shape index (κ2) is 6.25. The highest BCUT2D eigenvalue weighted by Crippen LogP contribution is 2.27. The van der Waals surface area contributed by atoms with Gasteiger partial charge in [-0.25, -0.2) is 8.78 Å².